The molecular formula is C11H17FN4. The quantitative estimate of drug-likeness (QED) is 0.774. The van der Waals surface area contributed by atoms with E-state index < -0.39 is 6.17 Å². The minimum Gasteiger partial charge on any atom is -0.316 e. The highest BCUT2D eigenvalue weighted by Crippen LogP contribution is 2.25. The molecule has 0 amide bonds. The molecule has 4 nitrogen and oxygen atoms in total. The number of piperidine rings is 1. The number of rotatable bonds is 1. The molecule has 1 N–H and O–H groups in total. The van der Waals surface area contributed by atoms with E-state index in [2.05, 4.69) is 15.5 Å². The van der Waals surface area contributed by atoms with Gasteiger partial charge in [0.2, 0.25) is 0 Å². The van der Waals surface area contributed by atoms with Crippen molar-refractivity contribution in [3.63, 3.8) is 0 Å². The fourth-order valence-electron chi connectivity index (χ4n) is 2.68. The third kappa shape index (κ3) is 1.73. The molecule has 5 heteroatoms. The van der Waals surface area contributed by atoms with E-state index in [1.54, 1.807) is 0 Å². The highest BCUT2D eigenvalue weighted by Gasteiger charge is 2.27. The summed E-state index contributed by atoms with van der Waals surface area (Å²) in [4.78, 5) is 0. The SMILES string of the molecule is FC1CCc2nnc(C3CCCNC3)n2C1. The van der Waals surface area contributed by atoms with E-state index in [4.69, 9.17) is 0 Å². The monoisotopic (exact) mass is 224 g/mol. The number of fused-ring (bicyclic) bond motifs is 1. The molecule has 0 radical (unpaired) electrons. The second-order valence-corrected chi connectivity index (χ2v) is 4.76. The molecule has 2 unspecified atom stereocenters. The molecule has 2 aliphatic rings. The maximum Gasteiger partial charge on any atom is 0.137 e. The lowest BCUT2D eigenvalue weighted by Gasteiger charge is -2.25. The number of halogens is 1. The molecule has 0 aliphatic carbocycles. The lowest BCUT2D eigenvalue weighted by Crippen LogP contribution is -2.31. The molecule has 2 aliphatic heterocycles. The molecule has 0 spiro atoms. The molecule has 0 saturated carbocycles. The van der Waals surface area contributed by atoms with Gasteiger partial charge in [0.05, 0.1) is 6.54 Å². The molecule has 0 aromatic carbocycles. The lowest BCUT2D eigenvalue weighted by atomic mass is 9.98. The van der Waals surface area contributed by atoms with Crippen LogP contribution in [0, 0.1) is 0 Å². The normalized spacial score (nSPS) is 30.1. The summed E-state index contributed by atoms with van der Waals surface area (Å²) in [6, 6.07) is 0. The molecule has 1 aromatic rings. The van der Waals surface area contributed by atoms with Crippen LogP contribution in [0.4, 0.5) is 4.39 Å². The zero-order chi connectivity index (χ0) is 11.0. The van der Waals surface area contributed by atoms with E-state index in [-0.39, 0.29) is 0 Å². The van der Waals surface area contributed by atoms with Crippen LogP contribution in [0.2, 0.25) is 0 Å². The van der Waals surface area contributed by atoms with Gasteiger partial charge in [0.15, 0.2) is 0 Å². The summed E-state index contributed by atoms with van der Waals surface area (Å²) in [7, 11) is 0. The standard InChI is InChI=1S/C11H17FN4/c12-9-3-4-10-14-15-11(16(10)7-9)8-2-1-5-13-6-8/h8-9,13H,1-7H2. The van der Waals surface area contributed by atoms with Crippen LogP contribution in [0.25, 0.3) is 0 Å². The molecule has 0 bridgehead atoms. The predicted octanol–water partition coefficient (Wildman–Crippen LogP) is 1.03. The van der Waals surface area contributed by atoms with Crippen LogP contribution >= 0.6 is 0 Å². The highest BCUT2D eigenvalue weighted by molar-refractivity contribution is 5.06. The van der Waals surface area contributed by atoms with Crippen molar-refractivity contribution >= 4 is 0 Å². The summed E-state index contributed by atoms with van der Waals surface area (Å²) >= 11 is 0. The van der Waals surface area contributed by atoms with Gasteiger partial charge in [-0.1, -0.05) is 0 Å². The minimum absolute atomic E-state index is 0.417. The number of hydrogen-bond donors (Lipinski definition) is 1. The molecule has 1 fully saturated rings. The first kappa shape index (κ1) is 10.2. The molecule has 16 heavy (non-hydrogen) atoms. The van der Waals surface area contributed by atoms with Gasteiger partial charge in [-0.15, -0.1) is 10.2 Å². The van der Waals surface area contributed by atoms with Crippen LogP contribution in [0.3, 0.4) is 0 Å². The average molecular weight is 224 g/mol. The van der Waals surface area contributed by atoms with Gasteiger partial charge in [-0.2, -0.15) is 0 Å². The van der Waals surface area contributed by atoms with Crippen molar-refractivity contribution in [2.75, 3.05) is 13.1 Å². The second-order valence-electron chi connectivity index (χ2n) is 4.76. The molecule has 3 heterocycles. The highest BCUT2D eigenvalue weighted by atomic mass is 19.1. The minimum atomic E-state index is -0.723. The summed E-state index contributed by atoms with van der Waals surface area (Å²) in [5.41, 5.74) is 0. The number of nitrogens with zero attached hydrogens (tertiary/aromatic N) is 3. The number of alkyl halides is 1. The average Bonchev–Trinajstić information content (AvgIpc) is 2.73. The number of nitrogens with one attached hydrogen (secondary N) is 1. The van der Waals surface area contributed by atoms with Crippen molar-refractivity contribution in [2.24, 2.45) is 0 Å². The molecule has 1 saturated heterocycles. The van der Waals surface area contributed by atoms with Crippen LogP contribution in [-0.2, 0) is 13.0 Å². The van der Waals surface area contributed by atoms with Gasteiger partial charge in [-0.3, -0.25) is 0 Å². The van der Waals surface area contributed by atoms with Gasteiger partial charge < -0.3 is 9.88 Å². The van der Waals surface area contributed by atoms with Gasteiger partial charge in [0, 0.05) is 18.9 Å². The Morgan fingerprint density at radius 1 is 1.31 bits per heavy atom. The van der Waals surface area contributed by atoms with E-state index >= 15 is 0 Å². The Labute approximate surface area is 94.2 Å². The molecule has 1 aromatic heterocycles. The Bertz CT molecular complexity index is 370. The van der Waals surface area contributed by atoms with Crippen LogP contribution < -0.4 is 5.32 Å². The van der Waals surface area contributed by atoms with Crippen LogP contribution in [-0.4, -0.2) is 34.0 Å². The zero-order valence-corrected chi connectivity index (χ0v) is 9.32. The zero-order valence-electron chi connectivity index (χ0n) is 9.32. The van der Waals surface area contributed by atoms with Crippen molar-refractivity contribution in [1.82, 2.24) is 20.1 Å². The van der Waals surface area contributed by atoms with E-state index in [0.29, 0.717) is 18.9 Å². The van der Waals surface area contributed by atoms with E-state index in [1.807, 2.05) is 4.57 Å². The van der Waals surface area contributed by atoms with Crippen molar-refractivity contribution in [3.05, 3.63) is 11.6 Å². The third-order valence-electron chi connectivity index (χ3n) is 3.58. The Hall–Kier alpha value is -0.970. The Kier molecular flexibility index (Phi) is 2.63. The summed E-state index contributed by atoms with van der Waals surface area (Å²) in [5, 5.41) is 11.8. The molecular weight excluding hydrogens is 207 g/mol. The Morgan fingerprint density at radius 3 is 3.06 bits per heavy atom. The van der Waals surface area contributed by atoms with E-state index in [9.17, 15) is 4.39 Å². The largest absolute Gasteiger partial charge is 0.316 e. The maximum absolute atomic E-state index is 13.4. The Balaban J connectivity index is 1.86. The fourth-order valence-corrected chi connectivity index (χ4v) is 2.68. The van der Waals surface area contributed by atoms with Crippen molar-refractivity contribution in [2.45, 2.75) is 44.3 Å². The number of hydrogen-bond acceptors (Lipinski definition) is 3. The van der Waals surface area contributed by atoms with E-state index in [0.717, 1.165) is 37.6 Å². The van der Waals surface area contributed by atoms with Gasteiger partial charge >= 0.3 is 0 Å². The maximum atomic E-state index is 13.4. The van der Waals surface area contributed by atoms with Crippen LogP contribution in [0.15, 0.2) is 0 Å². The lowest BCUT2D eigenvalue weighted by molar-refractivity contribution is 0.247. The summed E-state index contributed by atoms with van der Waals surface area (Å²) in [6.07, 6.45) is 2.92. The number of aryl methyl sites for hydroxylation is 1. The summed E-state index contributed by atoms with van der Waals surface area (Å²) in [6.45, 7) is 2.49. The summed E-state index contributed by atoms with van der Waals surface area (Å²) in [5.74, 6) is 2.37. The first-order valence-electron chi connectivity index (χ1n) is 6.11. The van der Waals surface area contributed by atoms with Gasteiger partial charge in [0.1, 0.15) is 17.8 Å². The second kappa shape index (κ2) is 4.13. The third-order valence-corrected chi connectivity index (χ3v) is 3.58. The first-order chi connectivity index (χ1) is 7.84. The van der Waals surface area contributed by atoms with Crippen molar-refractivity contribution in [3.8, 4) is 0 Å². The van der Waals surface area contributed by atoms with Crippen LogP contribution in [0.1, 0.15) is 36.8 Å². The van der Waals surface area contributed by atoms with Gasteiger partial charge in [-0.25, -0.2) is 4.39 Å². The number of aromatic nitrogens is 3. The topological polar surface area (TPSA) is 42.7 Å². The van der Waals surface area contributed by atoms with E-state index in [1.165, 1.54) is 6.42 Å². The van der Waals surface area contributed by atoms with Gasteiger partial charge in [-0.05, 0) is 25.8 Å². The summed E-state index contributed by atoms with van der Waals surface area (Å²) < 4.78 is 15.4. The van der Waals surface area contributed by atoms with Crippen molar-refractivity contribution < 1.29 is 4.39 Å². The predicted molar refractivity (Wildman–Crippen MR) is 58.1 cm³/mol. The smallest absolute Gasteiger partial charge is 0.137 e. The van der Waals surface area contributed by atoms with Gasteiger partial charge in [0.25, 0.3) is 0 Å². The molecule has 2 atom stereocenters. The molecule has 88 valence electrons. The first-order valence-corrected chi connectivity index (χ1v) is 6.11. The van der Waals surface area contributed by atoms with Crippen molar-refractivity contribution in [1.29, 1.82) is 0 Å². The Morgan fingerprint density at radius 2 is 2.25 bits per heavy atom. The molecule has 3 rings (SSSR count). The van der Waals surface area contributed by atoms with Crippen LogP contribution in [0.5, 0.6) is 0 Å². The fraction of sp³-hybridized carbons (Fsp3) is 0.818.